The van der Waals surface area contributed by atoms with E-state index in [2.05, 4.69) is 26.1 Å². The van der Waals surface area contributed by atoms with Crippen molar-refractivity contribution in [3.63, 3.8) is 0 Å². The number of nitrogens with one attached hydrogen (secondary N) is 1. The molecule has 0 spiro atoms. The molecule has 19 heavy (non-hydrogen) atoms. The first kappa shape index (κ1) is 15.7. The third-order valence-corrected chi connectivity index (χ3v) is 3.31. The topological polar surface area (TPSA) is 55.1 Å². The van der Waals surface area contributed by atoms with Crippen LogP contribution in [0, 0.1) is 11.3 Å². The first-order chi connectivity index (χ1) is 8.81. The van der Waals surface area contributed by atoms with Gasteiger partial charge in [0.05, 0.1) is 5.92 Å². The number of benzene rings is 1. The second-order valence-electron chi connectivity index (χ2n) is 6.33. The minimum atomic E-state index is -0.254. The molecular formula is C16H26N2O. The summed E-state index contributed by atoms with van der Waals surface area (Å²) in [7, 11) is 0. The Morgan fingerprint density at radius 3 is 2.37 bits per heavy atom. The minimum Gasteiger partial charge on any atom is -0.356 e. The Bertz CT molecular complexity index is 395. The van der Waals surface area contributed by atoms with Gasteiger partial charge in [-0.3, -0.25) is 4.79 Å². The lowest BCUT2D eigenvalue weighted by Crippen LogP contribution is -2.36. The fraction of sp³-hybridized carbons (Fsp3) is 0.562. The molecule has 3 N–H and O–H groups in total. The van der Waals surface area contributed by atoms with Crippen molar-refractivity contribution in [3.8, 4) is 0 Å². The molecule has 0 radical (unpaired) electrons. The highest BCUT2D eigenvalue weighted by Gasteiger charge is 2.22. The predicted molar refractivity (Wildman–Crippen MR) is 79.6 cm³/mol. The van der Waals surface area contributed by atoms with E-state index >= 15 is 0 Å². The molecule has 0 saturated carbocycles. The summed E-state index contributed by atoms with van der Waals surface area (Å²) in [6.07, 6.45) is 0.964. The lowest BCUT2D eigenvalue weighted by atomic mass is 9.91. The number of amides is 1. The van der Waals surface area contributed by atoms with Crippen molar-refractivity contribution in [2.75, 3.05) is 6.54 Å². The van der Waals surface area contributed by atoms with Crippen LogP contribution in [-0.2, 0) is 4.79 Å². The van der Waals surface area contributed by atoms with Crippen molar-refractivity contribution in [1.82, 2.24) is 5.32 Å². The first-order valence-electron chi connectivity index (χ1n) is 6.89. The minimum absolute atomic E-state index is 0.0283. The second kappa shape index (κ2) is 6.71. The molecule has 1 rings (SSSR count). The summed E-state index contributed by atoms with van der Waals surface area (Å²) < 4.78 is 0. The SMILES string of the molecule is CC(C(=O)NCCC(C)(C)C)C(N)c1ccccc1. The lowest BCUT2D eigenvalue weighted by molar-refractivity contribution is -0.125. The van der Waals surface area contributed by atoms with Gasteiger partial charge in [-0.05, 0) is 17.4 Å². The molecule has 1 amide bonds. The lowest BCUT2D eigenvalue weighted by Gasteiger charge is -2.22. The maximum atomic E-state index is 12.1. The van der Waals surface area contributed by atoms with E-state index < -0.39 is 0 Å². The molecule has 0 fully saturated rings. The maximum absolute atomic E-state index is 12.1. The zero-order chi connectivity index (χ0) is 14.5. The van der Waals surface area contributed by atoms with Gasteiger partial charge in [0.1, 0.15) is 0 Å². The van der Waals surface area contributed by atoms with Crippen molar-refractivity contribution in [2.24, 2.45) is 17.1 Å². The molecule has 3 nitrogen and oxygen atoms in total. The molecule has 0 saturated heterocycles. The van der Waals surface area contributed by atoms with Gasteiger partial charge < -0.3 is 11.1 Å². The average molecular weight is 262 g/mol. The van der Waals surface area contributed by atoms with Gasteiger partial charge in [0.2, 0.25) is 5.91 Å². The van der Waals surface area contributed by atoms with Crippen LogP contribution in [0.1, 0.15) is 45.7 Å². The quantitative estimate of drug-likeness (QED) is 0.857. The highest BCUT2D eigenvalue weighted by Crippen LogP contribution is 2.20. The van der Waals surface area contributed by atoms with E-state index in [9.17, 15) is 4.79 Å². The highest BCUT2D eigenvalue weighted by molar-refractivity contribution is 5.79. The maximum Gasteiger partial charge on any atom is 0.224 e. The van der Waals surface area contributed by atoms with Gasteiger partial charge in [-0.1, -0.05) is 58.0 Å². The Balaban J connectivity index is 2.48. The zero-order valence-electron chi connectivity index (χ0n) is 12.4. The van der Waals surface area contributed by atoms with Crippen molar-refractivity contribution in [2.45, 2.75) is 40.2 Å². The summed E-state index contributed by atoms with van der Waals surface area (Å²) in [4.78, 5) is 12.1. The summed E-state index contributed by atoms with van der Waals surface area (Å²) in [6, 6.07) is 9.51. The van der Waals surface area contributed by atoms with Crippen LogP contribution in [-0.4, -0.2) is 12.5 Å². The molecule has 0 aliphatic carbocycles. The number of rotatable bonds is 5. The van der Waals surface area contributed by atoms with Gasteiger partial charge in [-0.2, -0.15) is 0 Å². The van der Waals surface area contributed by atoms with Gasteiger partial charge in [-0.15, -0.1) is 0 Å². The van der Waals surface area contributed by atoms with E-state index in [1.165, 1.54) is 0 Å². The Morgan fingerprint density at radius 2 is 1.84 bits per heavy atom. The second-order valence-corrected chi connectivity index (χ2v) is 6.33. The molecule has 106 valence electrons. The van der Waals surface area contributed by atoms with Crippen LogP contribution in [0.15, 0.2) is 30.3 Å². The van der Waals surface area contributed by atoms with Crippen LogP contribution in [0.25, 0.3) is 0 Å². The van der Waals surface area contributed by atoms with E-state index in [1.807, 2.05) is 37.3 Å². The molecule has 0 aliphatic heterocycles. The number of hydrogen-bond donors (Lipinski definition) is 2. The van der Waals surface area contributed by atoms with E-state index in [-0.39, 0.29) is 23.3 Å². The number of carbonyl (C=O) groups excluding carboxylic acids is 1. The van der Waals surface area contributed by atoms with Crippen molar-refractivity contribution < 1.29 is 4.79 Å². The summed E-state index contributed by atoms with van der Waals surface area (Å²) in [6.45, 7) is 9.08. The van der Waals surface area contributed by atoms with Gasteiger partial charge in [0.25, 0.3) is 0 Å². The third-order valence-electron chi connectivity index (χ3n) is 3.31. The predicted octanol–water partition coefficient (Wildman–Crippen LogP) is 2.87. The normalized spacial score (nSPS) is 14.8. The van der Waals surface area contributed by atoms with Gasteiger partial charge >= 0.3 is 0 Å². The largest absolute Gasteiger partial charge is 0.356 e. The van der Waals surface area contributed by atoms with Gasteiger partial charge in [-0.25, -0.2) is 0 Å². The number of nitrogens with two attached hydrogens (primary N) is 1. The third kappa shape index (κ3) is 5.43. The fourth-order valence-electron chi connectivity index (χ4n) is 1.85. The summed E-state index contributed by atoms with van der Waals surface area (Å²) >= 11 is 0. The number of carbonyl (C=O) groups is 1. The zero-order valence-corrected chi connectivity index (χ0v) is 12.4. The molecule has 0 heterocycles. The Hall–Kier alpha value is -1.35. The number of hydrogen-bond acceptors (Lipinski definition) is 2. The van der Waals surface area contributed by atoms with E-state index in [0.717, 1.165) is 12.0 Å². The average Bonchev–Trinajstić information content (AvgIpc) is 2.36. The molecular weight excluding hydrogens is 236 g/mol. The van der Waals surface area contributed by atoms with Crippen LogP contribution in [0.2, 0.25) is 0 Å². The molecule has 1 aromatic carbocycles. The Labute approximate surface area is 116 Å². The van der Waals surface area contributed by atoms with Gasteiger partial charge in [0.15, 0.2) is 0 Å². The summed E-state index contributed by atoms with van der Waals surface area (Å²) in [5.74, 6) is -0.192. The molecule has 2 unspecified atom stereocenters. The van der Waals surface area contributed by atoms with E-state index in [0.29, 0.717) is 6.54 Å². The molecule has 0 bridgehead atoms. The van der Waals surface area contributed by atoms with Crippen molar-refractivity contribution in [1.29, 1.82) is 0 Å². The van der Waals surface area contributed by atoms with Crippen LogP contribution < -0.4 is 11.1 Å². The highest BCUT2D eigenvalue weighted by atomic mass is 16.1. The van der Waals surface area contributed by atoms with Crippen molar-refractivity contribution in [3.05, 3.63) is 35.9 Å². The molecule has 0 aliphatic rings. The van der Waals surface area contributed by atoms with Crippen LogP contribution in [0.5, 0.6) is 0 Å². The monoisotopic (exact) mass is 262 g/mol. The standard InChI is InChI=1S/C16H26N2O/c1-12(14(17)13-8-6-5-7-9-13)15(19)18-11-10-16(2,3)4/h5-9,12,14H,10-11,17H2,1-4H3,(H,18,19). The smallest absolute Gasteiger partial charge is 0.224 e. The molecule has 3 heteroatoms. The van der Waals surface area contributed by atoms with E-state index in [1.54, 1.807) is 0 Å². The van der Waals surface area contributed by atoms with Crippen molar-refractivity contribution >= 4 is 5.91 Å². The molecule has 2 atom stereocenters. The molecule has 0 aromatic heterocycles. The summed E-state index contributed by atoms with van der Waals surface area (Å²) in [5, 5.41) is 2.97. The summed E-state index contributed by atoms with van der Waals surface area (Å²) in [5.41, 5.74) is 7.37. The van der Waals surface area contributed by atoms with Crippen LogP contribution in [0.3, 0.4) is 0 Å². The fourth-order valence-corrected chi connectivity index (χ4v) is 1.85. The van der Waals surface area contributed by atoms with Gasteiger partial charge in [0, 0.05) is 12.6 Å². The Morgan fingerprint density at radius 1 is 1.26 bits per heavy atom. The molecule has 1 aromatic rings. The Kier molecular flexibility index (Phi) is 5.55. The first-order valence-corrected chi connectivity index (χ1v) is 6.89. The van der Waals surface area contributed by atoms with Crippen LogP contribution >= 0.6 is 0 Å². The van der Waals surface area contributed by atoms with E-state index in [4.69, 9.17) is 5.73 Å². The van der Waals surface area contributed by atoms with Crippen LogP contribution in [0.4, 0.5) is 0 Å².